The number of hydrogen-bond donors (Lipinski definition) is 0. The van der Waals surface area contributed by atoms with Crippen LogP contribution < -0.4 is 29.6 Å². The Labute approximate surface area is 68.5 Å². The Morgan fingerprint density at radius 1 is 2.00 bits per heavy atom. The van der Waals surface area contributed by atoms with Crippen LogP contribution in [0.1, 0.15) is 8.35 Å². The van der Waals surface area contributed by atoms with Gasteiger partial charge in [0.05, 0.1) is 0 Å². The molecule has 0 unspecified atom stereocenters. The number of halogens is 1. The summed E-state index contributed by atoms with van der Waals surface area (Å²) in [6.07, 6.45) is 0. The van der Waals surface area contributed by atoms with Gasteiger partial charge in [-0.2, -0.15) is 0 Å². The van der Waals surface area contributed by atoms with Gasteiger partial charge in [0.15, 0.2) is 16.3 Å². The quantitative estimate of drug-likeness (QED) is 0.385. The Hall–Kier alpha value is 0.950. The van der Waals surface area contributed by atoms with E-state index in [2.05, 4.69) is 20.1 Å². The molecule has 0 saturated carbocycles. The third kappa shape index (κ3) is 8.87. The minimum Gasteiger partial charge on any atom is -1.00 e. The first kappa shape index (κ1) is 10.0. The summed E-state index contributed by atoms with van der Waals surface area (Å²) in [4.78, 5) is 9.54. The normalized spacial score (nSPS) is 5.67. The van der Waals surface area contributed by atoms with Gasteiger partial charge in [0, 0.05) is 6.92 Å². The van der Waals surface area contributed by atoms with Gasteiger partial charge in [-0.25, -0.2) is 0 Å². The minimum atomic E-state index is -0.329. The molecule has 0 amide bonds. The predicted molar refractivity (Wildman–Crippen MR) is 21.8 cm³/mol. The van der Waals surface area contributed by atoms with E-state index in [4.69, 9.17) is 0 Å². The zero-order chi connectivity index (χ0) is 4.28. The Balaban J connectivity index is -0.0000000800. The maximum Gasteiger partial charge on any atom is 1.00 e. The largest absolute Gasteiger partial charge is 1.00 e. The first-order chi connectivity index (χ1) is 2.27. The molecule has 0 atom stereocenters. The summed E-state index contributed by atoms with van der Waals surface area (Å²) in [7, 11) is 0. The van der Waals surface area contributed by atoms with Crippen LogP contribution in [-0.4, -0.2) is 5.97 Å². The van der Waals surface area contributed by atoms with Crippen LogP contribution in [0.2, 0.25) is 0 Å². The van der Waals surface area contributed by atoms with Crippen LogP contribution in [-0.2, 0) is 8.62 Å². The first-order valence-corrected chi connectivity index (χ1v) is 1.71. The summed E-state index contributed by atoms with van der Waals surface area (Å²) in [5, 5.41) is 0. The van der Waals surface area contributed by atoms with Gasteiger partial charge in [-0.1, -0.05) is 0 Å². The number of carbonyl (C=O) groups is 1. The minimum absolute atomic E-state index is 0. The average molecular weight is 163 g/mol. The summed E-state index contributed by atoms with van der Waals surface area (Å²) in [5.41, 5.74) is 0. The Bertz CT molecular complexity index is 51.0. The van der Waals surface area contributed by atoms with E-state index in [1.54, 1.807) is 0 Å². The fourth-order valence-corrected chi connectivity index (χ4v) is 0. The van der Waals surface area contributed by atoms with Crippen molar-refractivity contribution in [3.8, 4) is 0 Å². The molecule has 0 heterocycles. The van der Waals surface area contributed by atoms with E-state index in [9.17, 15) is 4.79 Å². The van der Waals surface area contributed by atoms with Gasteiger partial charge < -0.3 is 5.25 Å². The molecule has 0 spiro atoms. The molecule has 0 N–H and O–H groups in total. The second kappa shape index (κ2) is 5.95. The van der Waals surface area contributed by atoms with E-state index in [0.29, 0.717) is 0 Å². The summed E-state index contributed by atoms with van der Waals surface area (Å²) >= 11 is 2.46. The van der Waals surface area contributed by atoms with Gasteiger partial charge in [-0.15, -0.1) is 0 Å². The maximum absolute atomic E-state index is 9.54. The molecule has 0 saturated heterocycles. The van der Waals surface area contributed by atoms with Gasteiger partial charge in [0.2, 0.25) is 0 Å². The van der Waals surface area contributed by atoms with Crippen LogP contribution in [0.5, 0.6) is 0 Å². The van der Waals surface area contributed by atoms with Crippen molar-refractivity contribution in [2.24, 2.45) is 0 Å². The SMILES string of the molecule is CC(=O)OBr.[H-].[Na+]. The van der Waals surface area contributed by atoms with Crippen molar-refractivity contribution in [1.29, 1.82) is 0 Å². The van der Waals surface area contributed by atoms with Crippen molar-refractivity contribution < 1.29 is 39.6 Å². The van der Waals surface area contributed by atoms with Crippen molar-refractivity contribution in [2.45, 2.75) is 6.92 Å². The predicted octanol–water partition coefficient (Wildman–Crippen LogP) is -2.02. The van der Waals surface area contributed by atoms with E-state index in [-0.39, 0.29) is 37.0 Å². The molecule has 32 valence electrons. The van der Waals surface area contributed by atoms with Crippen LogP contribution >= 0.6 is 16.3 Å². The molecule has 0 bridgehead atoms. The van der Waals surface area contributed by atoms with Gasteiger partial charge in [-0.05, 0) is 0 Å². The molecule has 0 aliphatic carbocycles. The Morgan fingerprint density at radius 2 is 2.17 bits per heavy atom. The van der Waals surface area contributed by atoms with Crippen molar-refractivity contribution in [1.82, 2.24) is 0 Å². The van der Waals surface area contributed by atoms with Gasteiger partial charge in [0.25, 0.3) is 0 Å². The molecule has 4 heteroatoms. The zero-order valence-corrected chi connectivity index (χ0v) is 7.28. The molecule has 0 rings (SSSR count). The van der Waals surface area contributed by atoms with Crippen molar-refractivity contribution in [3.05, 3.63) is 0 Å². The monoisotopic (exact) mass is 162 g/mol. The number of carbonyl (C=O) groups excluding carboxylic acids is 1. The Morgan fingerprint density at radius 3 is 2.17 bits per heavy atom. The van der Waals surface area contributed by atoms with E-state index in [1.807, 2.05) is 0 Å². The summed E-state index contributed by atoms with van der Waals surface area (Å²) in [5.74, 6) is -0.329. The van der Waals surface area contributed by atoms with Crippen LogP contribution in [0, 0.1) is 0 Å². The van der Waals surface area contributed by atoms with Crippen molar-refractivity contribution in [3.63, 3.8) is 0 Å². The van der Waals surface area contributed by atoms with Crippen LogP contribution in [0.4, 0.5) is 0 Å². The molecular weight excluding hydrogens is 159 g/mol. The molecule has 0 aliphatic heterocycles. The third-order valence-corrected chi connectivity index (χ3v) is 0.565. The second-order valence-electron chi connectivity index (χ2n) is 0.569. The molecule has 0 aliphatic rings. The fourth-order valence-electron chi connectivity index (χ4n) is 0. The number of rotatable bonds is 0. The van der Waals surface area contributed by atoms with E-state index >= 15 is 0 Å². The molecule has 0 fully saturated rings. The molecule has 2 nitrogen and oxygen atoms in total. The molecule has 0 aromatic heterocycles. The fraction of sp³-hybridized carbons (Fsp3) is 0.500. The molecular formula is C2H4BrNaO2. The van der Waals surface area contributed by atoms with E-state index < -0.39 is 0 Å². The van der Waals surface area contributed by atoms with Crippen molar-refractivity contribution in [2.75, 3.05) is 0 Å². The third-order valence-electron chi connectivity index (χ3n) is 0.109. The summed E-state index contributed by atoms with van der Waals surface area (Å²) in [6, 6.07) is 0. The zero-order valence-electron chi connectivity index (χ0n) is 4.69. The van der Waals surface area contributed by atoms with Crippen molar-refractivity contribution >= 4 is 22.2 Å². The summed E-state index contributed by atoms with van der Waals surface area (Å²) < 4.78 is 3.92. The maximum atomic E-state index is 9.54. The molecule has 0 aromatic rings. The summed E-state index contributed by atoms with van der Waals surface area (Å²) in [6.45, 7) is 1.31. The second-order valence-corrected chi connectivity index (χ2v) is 0.892. The topological polar surface area (TPSA) is 26.3 Å². The van der Waals surface area contributed by atoms with Gasteiger partial charge in [0.1, 0.15) is 0 Å². The number of hydrogen-bond acceptors (Lipinski definition) is 2. The van der Waals surface area contributed by atoms with E-state index in [0.717, 1.165) is 0 Å². The van der Waals surface area contributed by atoms with Crippen LogP contribution in [0.25, 0.3) is 0 Å². The van der Waals surface area contributed by atoms with Crippen LogP contribution in [0.3, 0.4) is 0 Å². The smallest absolute Gasteiger partial charge is 1.00 e. The van der Waals surface area contributed by atoms with E-state index in [1.165, 1.54) is 6.92 Å². The molecule has 6 heavy (non-hydrogen) atoms. The van der Waals surface area contributed by atoms with Gasteiger partial charge in [-0.3, -0.25) is 4.79 Å². The van der Waals surface area contributed by atoms with Gasteiger partial charge >= 0.3 is 35.5 Å². The average Bonchev–Trinajstić information content (AvgIpc) is 1.38. The molecule has 0 aromatic carbocycles. The standard InChI is InChI=1S/C2H3BrO2.Na.H/c1-2(4)5-3;;/h1H3;;/q;+1;-1. The first-order valence-electron chi connectivity index (χ1n) is 1.06. The van der Waals surface area contributed by atoms with Crippen LogP contribution in [0.15, 0.2) is 0 Å². The molecule has 0 radical (unpaired) electrons. The Kier molecular flexibility index (Phi) is 9.96.